The van der Waals surface area contributed by atoms with Crippen LogP contribution in [0.1, 0.15) is 22.8 Å². The molecule has 3 aromatic rings. The molecule has 1 N–H and O–H groups in total. The summed E-state index contributed by atoms with van der Waals surface area (Å²) >= 11 is 1.55. The van der Waals surface area contributed by atoms with Crippen molar-refractivity contribution in [3.05, 3.63) is 70.2 Å². The molecule has 2 aliphatic heterocycles. The summed E-state index contributed by atoms with van der Waals surface area (Å²) in [6.07, 6.45) is 0.00293. The van der Waals surface area contributed by atoms with Gasteiger partial charge in [0.25, 0.3) is 0 Å². The maximum atomic E-state index is 13.8. The number of thiophene rings is 1. The molecule has 2 aliphatic rings. The van der Waals surface area contributed by atoms with Crippen molar-refractivity contribution in [3.8, 4) is 11.5 Å². The van der Waals surface area contributed by atoms with Crippen molar-refractivity contribution >= 4 is 34.5 Å². The third kappa shape index (κ3) is 3.86. The lowest BCUT2D eigenvalue weighted by molar-refractivity contribution is -0.124. The van der Waals surface area contributed by atoms with Crippen LogP contribution >= 0.6 is 11.3 Å². The van der Waals surface area contributed by atoms with Gasteiger partial charge in [-0.2, -0.15) is 0 Å². The Hall–Kier alpha value is -3.39. The number of ether oxygens (including phenoxy) is 2. The van der Waals surface area contributed by atoms with Gasteiger partial charge in [0.2, 0.25) is 11.8 Å². The van der Waals surface area contributed by atoms with Crippen LogP contribution in [0.4, 0.5) is 15.8 Å². The monoisotopic (exact) mass is 438 g/mol. The molecule has 5 rings (SSSR count). The normalized spacial score (nSPS) is 16.9. The van der Waals surface area contributed by atoms with Crippen LogP contribution in [0.5, 0.6) is 11.5 Å². The highest BCUT2D eigenvalue weighted by Gasteiger charge is 2.35. The fraction of sp³-hybridized carbons (Fsp3) is 0.217. The first-order valence-electron chi connectivity index (χ1n) is 9.91. The molecule has 0 fully saturated rings. The fourth-order valence-corrected chi connectivity index (χ4v) is 4.59. The number of hydrogen-bond acceptors (Lipinski definition) is 5. The third-order valence-electron chi connectivity index (χ3n) is 5.35. The van der Waals surface area contributed by atoms with Gasteiger partial charge in [-0.1, -0.05) is 12.1 Å². The van der Waals surface area contributed by atoms with E-state index in [1.807, 2.05) is 23.6 Å². The third-order valence-corrected chi connectivity index (χ3v) is 6.21. The number of nitrogens with zero attached hydrogens (tertiary/aromatic N) is 1. The van der Waals surface area contributed by atoms with Gasteiger partial charge >= 0.3 is 0 Å². The first-order valence-corrected chi connectivity index (χ1v) is 10.8. The Labute approximate surface area is 182 Å². The average Bonchev–Trinajstić information content (AvgIpc) is 3.29. The highest BCUT2D eigenvalue weighted by atomic mass is 32.1. The summed E-state index contributed by atoms with van der Waals surface area (Å²) in [5.74, 6) is -0.498. The van der Waals surface area contributed by atoms with E-state index in [0.29, 0.717) is 48.2 Å². The minimum atomic E-state index is -0.711. The number of nitrogens with one attached hydrogen (secondary N) is 1. The molecule has 1 aromatic heterocycles. The number of hydrogen-bond donors (Lipinski definition) is 1. The number of carbonyl (C=O) groups excluding carboxylic acids is 2. The van der Waals surface area contributed by atoms with Crippen molar-refractivity contribution in [3.63, 3.8) is 0 Å². The maximum Gasteiger partial charge on any atom is 0.235 e. The molecule has 2 amide bonds. The molecule has 0 saturated heterocycles. The van der Waals surface area contributed by atoms with Crippen molar-refractivity contribution in [1.82, 2.24) is 0 Å². The molecule has 0 saturated carbocycles. The lowest BCUT2D eigenvalue weighted by Crippen LogP contribution is -2.38. The number of amides is 2. The van der Waals surface area contributed by atoms with Gasteiger partial charge in [-0.15, -0.1) is 11.3 Å². The summed E-state index contributed by atoms with van der Waals surface area (Å²) in [4.78, 5) is 28.7. The lowest BCUT2D eigenvalue weighted by Gasteiger charge is -2.31. The molecule has 0 aliphatic carbocycles. The molecule has 1 unspecified atom stereocenters. The molecule has 3 heterocycles. The topological polar surface area (TPSA) is 67.9 Å². The largest absolute Gasteiger partial charge is 0.486 e. The predicted octanol–water partition coefficient (Wildman–Crippen LogP) is 4.32. The zero-order valence-electron chi connectivity index (χ0n) is 16.5. The molecule has 0 spiro atoms. The summed E-state index contributed by atoms with van der Waals surface area (Å²) in [6, 6.07) is 13.4. The Kier molecular flexibility index (Phi) is 5.07. The van der Waals surface area contributed by atoms with Gasteiger partial charge in [0.05, 0.1) is 12.5 Å². The molecule has 0 bridgehead atoms. The molecule has 8 heteroatoms. The predicted molar refractivity (Wildman–Crippen MR) is 115 cm³/mol. The van der Waals surface area contributed by atoms with Gasteiger partial charge in [0.1, 0.15) is 19.0 Å². The van der Waals surface area contributed by atoms with Gasteiger partial charge < -0.3 is 19.7 Å². The van der Waals surface area contributed by atoms with E-state index in [0.717, 1.165) is 4.88 Å². The van der Waals surface area contributed by atoms with Gasteiger partial charge in [0.15, 0.2) is 11.5 Å². The number of fused-ring (bicyclic) bond motifs is 2. The minimum Gasteiger partial charge on any atom is -0.486 e. The number of carbonyl (C=O) groups is 2. The highest BCUT2D eigenvalue weighted by molar-refractivity contribution is 7.09. The summed E-state index contributed by atoms with van der Waals surface area (Å²) < 4.78 is 25.0. The van der Waals surface area contributed by atoms with Crippen LogP contribution in [-0.2, 0) is 16.1 Å². The number of benzene rings is 2. The number of halogens is 1. The van der Waals surface area contributed by atoms with Crippen LogP contribution in [0.15, 0.2) is 53.9 Å². The second-order valence-corrected chi connectivity index (χ2v) is 8.40. The lowest BCUT2D eigenvalue weighted by atomic mass is 9.89. The van der Waals surface area contributed by atoms with Crippen molar-refractivity contribution in [2.45, 2.75) is 18.9 Å². The van der Waals surface area contributed by atoms with E-state index in [1.165, 1.54) is 12.1 Å². The molecule has 1 atom stereocenters. The minimum absolute atomic E-state index is 0.00293. The van der Waals surface area contributed by atoms with Crippen LogP contribution in [0, 0.1) is 5.82 Å². The first kappa shape index (κ1) is 19.6. The summed E-state index contributed by atoms with van der Waals surface area (Å²) in [7, 11) is 0. The van der Waals surface area contributed by atoms with Gasteiger partial charge in [-0.3, -0.25) is 9.59 Å². The molecular weight excluding hydrogens is 419 g/mol. The summed E-state index contributed by atoms with van der Waals surface area (Å²) in [5, 5.41) is 4.62. The molecule has 2 aromatic carbocycles. The van der Waals surface area contributed by atoms with E-state index >= 15 is 0 Å². The number of rotatable bonds is 4. The first-order chi connectivity index (χ1) is 15.1. The Morgan fingerprint density at radius 1 is 1.13 bits per heavy atom. The van der Waals surface area contributed by atoms with Gasteiger partial charge in [-0.25, -0.2) is 4.39 Å². The Morgan fingerprint density at radius 3 is 2.77 bits per heavy atom. The molecule has 0 radical (unpaired) electrons. The van der Waals surface area contributed by atoms with E-state index in [2.05, 4.69) is 5.32 Å². The maximum absolute atomic E-state index is 13.8. The van der Waals surface area contributed by atoms with Gasteiger partial charge in [-0.05, 0) is 41.3 Å². The molecule has 158 valence electrons. The summed E-state index contributed by atoms with van der Waals surface area (Å²) in [5.41, 5.74) is 1.60. The van der Waals surface area contributed by atoms with E-state index < -0.39 is 11.7 Å². The standard InChI is InChI=1S/C23H19FN2O4S/c24-14-3-5-17-18(12-22(27)25-19(17)10-14)23(28)26(13-16-2-1-9-31-16)15-4-6-20-21(11-15)30-8-7-29-20/h1-6,9-11,18H,7-8,12-13H2,(H,25,27). The quantitative estimate of drug-likeness (QED) is 0.659. The van der Waals surface area contributed by atoms with E-state index in [4.69, 9.17) is 9.47 Å². The van der Waals surface area contributed by atoms with Crippen molar-refractivity contribution < 1.29 is 23.5 Å². The van der Waals surface area contributed by atoms with Crippen LogP contribution in [0.2, 0.25) is 0 Å². The van der Waals surface area contributed by atoms with Crippen molar-refractivity contribution in [1.29, 1.82) is 0 Å². The second-order valence-electron chi connectivity index (χ2n) is 7.37. The zero-order chi connectivity index (χ0) is 21.4. The second kappa shape index (κ2) is 8.03. The van der Waals surface area contributed by atoms with Crippen LogP contribution in [0.3, 0.4) is 0 Å². The Balaban J connectivity index is 1.54. The van der Waals surface area contributed by atoms with Crippen molar-refractivity contribution in [2.75, 3.05) is 23.4 Å². The summed E-state index contributed by atoms with van der Waals surface area (Å²) in [6.45, 7) is 1.27. The molecular formula is C23H19FN2O4S. The highest BCUT2D eigenvalue weighted by Crippen LogP contribution is 2.38. The Bertz CT molecular complexity index is 1150. The van der Waals surface area contributed by atoms with E-state index in [-0.39, 0.29) is 18.2 Å². The van der Waals surface area contributed by atoms with Crippen LogP contribution < -0.4 is 19.7 Å². The molecule has 6 nitrogen and oxygen atoms in total. The number of anilines is 2. The SMILES string of the molecule is O=C1CC(C(=O)N(Cc2cccs2)c2ccc3c(c2)OCCO3)c2ccc(F)cc2N1. The zero-order valence-corrected chi connectivity index (χ0v) is 17.3. The Morgan fingerprint density at radius 2 is 1.97 bits per heavy atom. The fourth-order valence-electron chi connectivity index (χ4n) is 3.90. The van der Waals surface area contributed by atoms with E-state index in [1.54, 1.807) is 34.4 Å². The van der Waals surface area contributed by atoms with Crippen LogP contribution in [0.25, 0.3) is 0 Å². The van der Waals surface area contributed by atoms with Crippen LogP contribution in [-0.4, -0.2) is 25.0 Å². The van der Waals surface area contributed by atoms with Gasteiger partial charge in [0, 0.05) is 28.7 Å². The van der Waals surface area contributed by atoms with E-state index in [9.17, 15) is 14.0 Å². The average molecular weight is 438 g/mol. The van der Waals surface area contributed by atoms with Crippen molar-refractivity contribution in [2.24, 2.45) is 0 Å². The molecule has 31 heavy (non-hydrogen) atoms. The smallest absolute Gasteiger partial charge is 0.235 e.